The van der Waals surface area contributed by atoms with Crippen LogP contribution in [-0.4, -0.2) is 41.7 Å². The number of nitro groups is 1. The summed E-state index contributed by atoms with van der Waals surface area (Å²) in [4.78, 5) is 18.8. The molecule has 1 aromatic heterocycles. The van der Waals surface area contributed by atoms with Gasteiger partial charge in [-0.3, -0.25) is 10.1 Å². The summed E-state index contributed by atoms with van der Waals surface area (Å²) < 4.78 is 4.90. The predicted molar refractivity (Wildman–Crippen MR) is 72.6 cm³/mol. The highest BCUT2D eigenvalue weighted by Gasteiger charge is 2.21. The van der Waals surface area contributed by atoms with E-state index in [4.69, 9.17) is 4.74 Å². The van der Waals surface area contributed by atoms with Crippen LogP contribution in [0, 0.1) is 17.0 Å². The van der Waals surface area contributed by atoms with E-state index in [1.54, 1.807) is 14.0 Å². The SMILES string of the molecule is CCCNc1nc(C)c([N+](=O)[O-])c(NCCOC)n1. The minimum atomic E-state index is -0.478. The van der Waals surface area contributed by atoms with Gasteiger partial charge in [0.15, 0.2) is 0 Å². The lowest BCUT2D eigenvalue weighted by atomic mass is 10.3. The number of nitrogens with zero attached hydrogens (tertiary/aromatic N) is 3. The Hall–Kier alpha value is -1.96. The van der Waals surface area contributed by atoms with Crippen LogP contribution in [0.15, 0.2) is 0 Å². The average molecular weight is 269 g/mol. The van der Waals surface area contributed by atoms with Crippen LogP contribution in [0.3, 0.4) is 0 Å². The summed E-state index contributed by atoms with van der Waals surface area (Å²) in [5, 5.41) is 16.9. The monoisotopic (exact) mass is 269 g/mol. The van der Waals surface area contributed by atoms with Crippen molar-refractivity contribution in [1.82, 2.24) is 9.97 Å². The Morgan fingerprint density at radius 3 is 2.63 bits per heavy atom. The lowest BCUT2D eigenvalue weighted by Crippen LogP contribution is -2.14. The molecule has 8 heteroatoms. The molecule has 0 unspecified atom stereocenters. The van der Waals surface area contributed by atoms with Gasteiger partial charge in [-0.05, 0) is 13.3 Å². The zero-order valence-corrected chi connectivity index (χ0v) is 11.4. The largest absolute Gasteiger partial charge is 0.383 e. The molecule has 106 valence electrons. The van der Waals surface area contributed by atoms with E-state index in [0.717, 1.165) is 13.0 Å². The highest BCUT2D eigenvalue weighted by Crippen LogP contribution is 2.26. The highest BCUT2D eigenvalue weighted by molar-refractivity contribution is 5.60. The van der Waals surface area contributed by atoms with Crippen LogP contribution in [0.4, 0.5) is 17.5 Å². The molecule has 0 aliphatic carbocycles. The van der Waals surface area contributed by atoms with E-state index < -0.39 is 4.92 Å². The second-order valence-electron chi connectivity index (χ2n) is 3.93. The standard InChI is InChI=1S/C11H19N5O3/c1-4-5-13-11-14-8(2)9(16(17)18)10(15-11)12-6-7-19-3/h4-7H2,1-3H3,(H2,12,13,14,15). The maximum Gasteiger partial charge on any atom is 0.332 e. The molecule has 2 N–H and O–H groups in total. The lowest BCUT2D eigenvalue weighted by molar-refractivity contribution is -0.385. The van der Waals surface area contributed by atoms with Crippen LogP contribution in [0.5, 0.6) is 0 Å². The third-order valence-electron chi connectivity index (χ3n) is 2.37. The summed E-state index contributed by atoms with van der Waals surface area (Å²) in [6.07, 6.45) is 0.922. The molecule has 0 fully saturated rings. The van der Waals surface area contributed by atoms with Crippen LogP contribution in [-0.2, 0) is 4.74 Å². The first-order chi connectivity index (χ1) is 9.10. The van der Waals surface area contributed by atoms with Crippen molar-refractivity contribution in [2.75, 3.05) is 37.4 Å². The van der Waals surface area contributed by atoms with Gasteiger partial charge in [0.1, 0.15) is 5.69 Å². The van der Waals surface area contributed by atoms with Crippen LogP contribution >= 0.6 is 0 Å². The van der Waals surface area contributed by atoms with Gasteiger partial charge in [0.05, 0.1) is 11.5 Å². The Morgan fingerprint density at radius 2 is 2.05 bits per heavy atom. The summed E-state index contributed by atoms with van der Waals surface area (Å²) in [5.74, 6) is 0.609. The Morgan fingerprint density at radius 1 is 1.32 bits per heavy atom. The number of aromatic nitrogens is 2. The number of methoxy groups -OCH3 is 1. The third kappa shape index (κ3) is 4.32. The van der Waals surface area contributed by atoms with Gasteiger partial charge in [0.25, 0.3) is 0 Å². The van der Waals surface area contributed by atoms with Crippen LogP contribution in [0.1, 0.15) is 19.0 Å². The molecule has 0 aliphatic rings. The van der Waals surface area contributed by atoms with Crippen molar-refractivity contribution in [3.05, 3.63) is 15.8 Å². The first-order valence-corrected chi connectivity index (χ1v) is 6.09. The number of hydrogen-bond donors (Lipinski definition) is 2. The molecule has 1 aromatic rings. The molecule has 0 saturated heterocycles. The van der Waals surface area contributed by atoms with Crippen molar-refractivity contribution in [1.29, 1.82) is 0 Å². The van der Waals surface area contributed by atoms with E-state index in [2.05, 4.69) is 20.6 Å². The Bertz CT molecular complexity index is 439. The Labute approximate surface area is 111 Å². The minimum Gasteiger partial charge on any atom is -0.383 e. The zero-order valence-electron chi connectivity index (χ0n) is 11.4. The fraction of sp³-hybridized carbons (Fsp3) is 0.636. The van der Waals surface area contributed by atoms with E-state index in [1.807, 2.05) is 6.92 Å². The van der Waals surface area contributed by atoms with Gasteiger partial charge in [-0.25, -0.2) is 4.98 Å². The second kappa shape index (κ2) is 7.47. The summed E-state index contributed by atoms with van der Waals surface area (Å²) >= 11 is 0. The normalized spacial score (nSPS) is 10.3. The smallest absolute Gasteiger partial charge is 0.332 e. The summed E-state index contributed by atoms with van der Waals surface area (Å²) in [6.45, 7) is 5.22. The minimum absolute atomic E-state index is 0.0989. The fourth-order valence-electron chi connectivity index (χ4n) is 1.50. The molecule has 0 spiro atoms. The quantitative estimate of drug-likeness (QED) is 0.419. The van der Waals surface area contributed by atoms with Crippen molar-refractivity contribution < 1.29 is 9.66 Å². The van der Waals surface area contributed by atoms with Crippen LogP contribution < -0.4 is 10.6 Å². The van der Waals surface area contributed by atoms with E-state index in [1.165, 1.54) is 0 Å². The number of ether oxygens (including phenoxy) is 1. The van der Waals surface area contributed by atoms with Gasteiger partial charge in [-0.1, -0.05) is 6.92 Å². The molecule has 0 aliphatic heterocycles. The molecule has 0 aromatic carbocycles. The predicted octanol–water partition coefficient (Wildman–Crippen LogP) is 1.57. The number of hydrogen-bond acceptors (Lipinski definition) is 7. The molecule has 8 nitrogen and oxygen atoms in total. The molecular weight excluding hydrogens is 250 g/mol. The number of aryl methyl sites for hydroxylation is 1. The molecule has 1 heterocycles. The fourth-order valence-corrected chi connectivity index (χ4v) is 1.50. The molecule has 0 saturated carbocycles. The van der Waals surface area contributed by atoms with Crippen LogP contribution in [0.25, 0.3) is 0 Å². The van der Waals surface area contributed by atoms with E-state index >= 15 is 0 Å². The number of rotatable bonds is 8. The maximum absolute atomic E-state index is 11.0. The second-order valence-corrected chi connectivity index (χ2v) is 3.93. The van der Waals surface area contributed by atoms with E-state index in [-0.39, 0.29) is 11.5 Å². The topological polar surface area (TPSA) is 102 Å². The molecule has 19 heavy (non-hydrogen) atoms. The van der Waals surface area contributed by atoms with Gasteiger partial charge < -0.3 is 15.4 Å². The van der Waals surface area contributed by atoms with Crippen molar-refractivity contribution >= 4 is 17.5 Å². The molecule has 0 radical (unpaired) electrons. The first kappa shape index (κ1) is 15.1. The van der Waals surface area contributed by atoms with Gasteiger partial charge in [0, 0.05) is 20.2 Å². The van der Waals surface area contributed by atoms with Crippen molar-refractivity contribution in [2.24, 2.45) is 0 Å². The maximum atomic E-state index is 11.0. The Balaban J connectivity index is 2.99. The molecular formula is C11H19N5O3. The summed E-state index contributed by atoms with van der Waals surface area (Å²) in [6, 6.07) is 0. The molecule has 0 amide bonds. The average Bonchev–Trinajstić information content (AvgIpc) is 2.35. The molecule has 0 atom stereocenters. The van der Waals surface area contributed by atoms with Crippen molar-refractivity contribution in [3.63, 3.8) is 0 Å². The summed E-state index contributed by atoms with van der Waals surface area (Å²) in [5.41, 5.74) is 0.233. The zero-order chi connectivity index (χ0) is 14.3. The van der Waals surface area contributed by atoms with Gasteiger partial charge >= 0.3 is 5.69 Å². The first-order valence-electron chi connectivity index (χ1n) is 6.09. The number of anilines is 2. The van der Waals surface area contributed by atoms with E-state index in [9.17, 15) is 10.1 Å². The van der Waals surface area contributed by atoms with Crippen molar-refractivity contribution in [3.8, 4) is 0 Å². The third-order valence-corrected chi connectivity index (χ3v) is 2.37. The van der Waals surface area contributed by atoms with Gasteiger partial charge in [0.2, 0.25) is 11.8 Å². The molecule has 1 rings (SSSR count). The lowest BCUT2D eigenvalue weighted by Gasteiger charge is -2.10. The Kier molecular flexibility index (Phi) is 5.94. The van der Waals surface area contributed by atoms with Gasteiger partial charge in [-0.2, -0.15) is 4.98 Å². The van der Waals surface area contributed by atoms with Crippen molar-refractivity contribution in [2.45, 2.75) is 20.3 Å². The number of nitrogens with one attached hydrogen (secondary N) is 2. The highest BCUT2D eigenvalue weighted by atomic mass is 16.6. The van der Waals surface area contributed by atoms with Crippen LogP contribution in [0.2, 0.25) is 0 Å². The van der Waals surface area contributed by atoms with Gasteiger partial charge in [-0.15, -0.1) is 0 Å². The summed E-state index contributed by atoms with van der Waals surface area (Å²) in [7, 11) is 1.57. The molecule has 0 bridgehead atoms. The van der Waals surface area contributed by atoms with E-state index in [0.29, 0.717) is 24.8 Å².